The number of aromatic nitrogens is 2. The highest BCUT2D eigenvalue weighted by molar-refractivity contribution is 5.83. The number of carbonyl (C=O) groups excluding carboxylic acids is 1. The lowest BCUT2D eigenvalue weighted by Gasteiger charge is -2.25. The van der Waals surface area contributed by atoms with Crippen molar-refractivity contribution in [1.29, 1.82) is 0 Å². The van der Waals surface area contributed by atoms with Crippen LogP contribution in [-0.2, 0) is 11.2 Å². The molecule has 0 unspecified atom stereocenters. The fraction of sp³-hybridized carbons (Fsp3) is 0.263. The number of carbonyl (C=O) groups is 1. The number of H-pyrrole nitrogens is 1. The van der Waals surface area contributed by atoms with E-state index in [0.717, 1.165) is 22.0 Å². The van der Waals surface area contributed by atoms with Crippen molar-refractivity contribution in [2.75, 3.05) is 6.54 Å². The van der Waals surface area contributed by atoms with E-state index < -0.39 is 6.10 Å². The van der Waals surface area contributed by atoms with Crippen molar-refractivity contribution in [3.63, 3.8) is 0 Å². The highest BCUT2D eigenvalue weighted by Crippen LogP contribution is 2.33. The molecule has 128 valence electrons. The fourth-order valence-corrected chi connectivity index (χ4v) is 3.50. The first kappa shape index (κ1) is 15.8. The molecular formula is C19H18FN3O2. The second-order valence-electron chi connectivity index (χ2n) is 6.47. The fourth-order valence-electron chi connectivity index (χ4n) is 3.50. The van der Waals surface area contributed by atoms with Gasteiger partial charge >= 0.3 is 0 Å². The first-order chi connectivity index (χ1) is 12.1. The Kier molecular flexibility index (Phi) is 3.97. The Bertz CT molecular complexity index is 924. The summed E-state index contributed by atoms with van der Waals surface area (Å²) >= 11 is 0. The Morgan fingerprint density at radius 3 is 3.04 bits per heavy atom. The van der Waals surface area contributed by atoms with Crippen molar-refractivity contribution >= 4 is 16.8 Å². The lowest BCUT2D eigenvalue weighted by molar-refractivity contribution is -0.131. The third-order valence-corrected chi connectivity index (χ3v) is 4.69. The standard InChI is InChI=1S/C19H18FN3O2/c20-15-3-1-2-13(8-15)18-9-16(24)11-23(18)19(25)7-12-4-5-17-14(6-12)10-21-22-17/h1-6,8,10,16,18,24H,7,9,11H2,(H,21,22)/t16-,18+/m1/s1. The molecular weight excluding hydrogens is 321 g/mol. The van der Waals surface area contributed by atoms with Crippen molar-refractivity contribution in [3.05, 3.63) is 65.6 Å². The molecule has 6 heteroatoms. The number of benzene rings is 2. The van der Waals surface area contributed by atoms with Crippen LogP contribution in [0.1, 0.15) is 23.6 Å². The minimum absolute atomic E-state index is 0.0753. The predicted octanol–water partition coefficient (Wildman–Crippen LogP) is 2.58. The molecule has 25 heavy (non-hydrogen) atoms. The molecule has 0 spiro atoms. The van der Waals surface area contributed by atoms with E-state index in [1.165, 1.54) is 12.1 Å². The van der Waals surface area contributed by atoms with E-state index in [9.17, 15) is 14.3 Å². The number of aliphatic hydroxyl groups is 1. The summed E-state index contributed by atoms with van der Waals surface area (Å²) < 4.78 is 13.5. The van der Waals surface area contributed by atoms with Crippen LogP contribution >= 0.6 is 0 Å². The maximum Gasteiger partial charge on any atom is 0.227 e. The van der Waals surface area contributed by atoms with Gasteiger partial charge in [0.2, 0.25) is 5.91 Å². The summed E-state index contributed by atoms with van der Waals surface area (Å²) in [5.74, 6) is -0.412. The Labute approximate surface area is 144 Å². The van der Waals surface area contributed by atoms with Gasteiger partial charge in [-0.3, -0.25) is 9.89 Å². The van der Waals surface area contributed by atoms with Gasteiger partial charge in [0, 0.05) is 11.9 Å². The third-order valence-electron chi connectivity index (χ3n) is 4.69. The van der Waals surface area contributed by atoms with Gasteiger partial charge in [0.25, 0.3) is 0 Å². The molecule has 1 amide bonds. The molecule has 0 radical (unpaired) electrons. The summed E-state index contributed by atoms with van der Waals surface area (Å²) in [5, 5.41) is 17.8. The number of nitrogens with one attached hydrogen (secondary N) is 1. The van der Waals surface area contributed by atoms with Crippen molar-refractivity contribution < 1.29 is 14.3 Å². The maximum absolute atomic E-state index is 13.5. The predicted molar refractivity (Wildman–Crippen MR) is 91.3 cm³/mol. The first-order valence-corrected chi connectivity index (χ1v) is 8.25. The van der Waals surface area contributed by atoms with Gasteiger partial charge in [-0.1, -0.05) is 18.2 Å². The van der Waals surface area contributed by atoms with Gasteiger partial charge in [0.15, 0.2) is 0 Å². The second kappa shape index (κ2) is 6.29. The summed E-state index contributed by atoms with van der Waals surface area (Å²) in [6.07, 6.45) is 1.79. The average Bonchev–Trinajstić information content (AvgIpc) is 3.20. The van der Waals surface area contributed by atoms with Gasteiger partial charge in [-0.25, -0.2) is 4.39 Å². The van der Waals surface area contributed by atoms with Gasteiger partial charge in [0.1, 0.15) is 5.82 Å². The van der Waals surface area contributed by atoms with Crippen LogP contribution in [0.4, 0.5) is 4.39 Å². The van der Waals surface area contributed by atoms with Gasteiger partial charge in [-0.05, 0) is 41.8 Å². The summed E-state index contributed by atoms with van der Waals surface area (Å²) in [5.41, 5.74) is 2.53. The van der Waals surface area contributed by atoms with E-state index in [2.05, 4.69) is 10.2 Å². The van der Waals surface area contributed by atoms with Gasteiger partial charge in [0.05, 0.1) is 30.3 Å². The number of halogens is 1. The molecule has 0 bridgehead atoms. The number of fused-ring (bicyclic) bond motifs is 1. The molecule has 1 aromatic heterocycles. The summed E-state index contributed by atoms with van der Waals surface area (Å²) in [7, 11) is 0. The molecule has 1 aliphatic heterocycles. The lowest BCUT2D eigenvalue weighted by Crippen LogP contribution is -2.33. The number of hydrogen-bond donors (Lipinski definition) is 2. The molecule has 2 N–H and O–H groups in total. The monoisotopic (exact) mass is 339 g/mol. The van der Waals surface area contributed by atoms with E-state index in [1.54, 1.807) is 23.2 Å². The summed E-state index contributed by atoms with van der Waals surface area (Å²) in [6.45, 7) is 0.272. The zero-order chi connectivity index (χ0) is 17.4. The number of aromatic amines is 1. The van der Waals surface area contributed by atoms with Gasteiger partial charge in [-0.15, -0.1) is 0 Å². The van der Waals surface area contributed by atoms with E-state index in [1.807, 2.05) is 18.2 Å². The molecule has 1 fully saturated rings. The van der Waals surface area contributed by atoms with Crippen molar-refractivity contribution in [1.82, 2.24) is 15.1 Å². The summed E-state index contributed by atoms with van der Waals surface area (Å²) in [4.78, 5) is 14.5. The molecule has 2 heterocycles. The molecule has 1 saturated heterocycles. The number of β-amino-alcohol motifs (C(OH)–C–C–N with tert-alkyl or cyclic N) is 1. The normalized spacial score (nSPS) is 20.3. The molecule has 3 aromatic rings. The Morgan fingerprint density at radius 2 is 2.20 bits per heavy atom. The smallest absolute Gasteiger partial charge is 0.227 e. The highest BCUT2D eigenvalue weighted by atomic mass is 19.1. The van der Waals surface area contributed by atoms with Crippen molar-refractivity contribution in [2.45, 2.75) is 25.0 Å². The van der Waals surface area contributed by atoms with Crippen LogP contribution in [0.25, 0.3) is 10.9 Å². The minimum Gasteiger partial charge on any atom is -0.391 e. The van der Waals surface area contributed by atoms with Crippen LogP contribution in [0, 0.1) is 5.82 Å². The largest absolute Gasteiger partial charge is 0.391 e. The van der Waals surface area contributed by atoms with E-state index in [0.29, 0.717) is 6.42 Å². The summed E-state index contributed by atoms with van der Waals surface area (Å²) in [6, 6.07) is 11.7. The number of aliphatic hydroxyl groups excluding tert-OH is 1. The molecule has 1 aliphatic rings. The molecule has 4 rings (SSSR count). The topological polar surface area (TPSA) is 69.2 Å². The SMILES string of the molecule is O=C(Cc1ccc2[nH]ncc2c1)N1C[C@H](O)C[C@H]1c1cccc(F)c1. The Balaban J connectivity index is 1.56. The van der Waals surface area contributed by atoms with Crippen molar-refractivity contribution in [2.24, 2.45) is 0 Å². The molecule has 2 aromatic carbocycles. The number of likely N-dealkylation sites (tertiary alicyclic amines) is 1. The van der Waals surface area contributed by atoms with Crippen LogP contribution < -0.4 is 0 Å². The average molecular weight is 339 g/mol. The molecule has 5 nitrogen and oxygen atoms in total. The zero-order valence-corrected chi connectivity index (χ0v) is 13.5. The van der Waals surface area contributed by atoms with Crippen LogP contribution in [0.5, 0.6) is 0 Å². The van der Waals surface area contributed by atoms with Gasteiger partial charge in [-0.2, -0.15) is 5.10 Å². The number of nitrogens with zero attached hydrogens (tertiary/aromatic N) is 2. The van der Waals surface area contributed by atoms with Crippen LogP contribution in [0.15, 0.2) is 48.7 Å². The van der Waals surface area contributed by atoms with Crippen LogP contribution in [-0.4, -0.2) is 38.8 Å². The minimum atomic E-state index is -0.589. The number of rotatable bonds is 3. The second-order valence-corrected chi connectivity index (χ2v) is 6.47. The van der Waals surface area contributed by atoms with E-state index in [4.69, 9.17) is 0 Å². The van der Waals surface area contributed by atoms with Crippen LogP contribution in [0.3, 0.4) is 0 Å². The maximum atomic E-state index is 13.5. The lowest BCUT2D eigenvalue weighted by atomic mass is 10.0. The first-order valence-electron chi connectivity index (χ1n) is 8.25. The quantitative estimate of drug-likeness (QED) is 0.771. The van der Waals surface area contributed by atoms with E-state index in [-0.39, 0.29) is 30.7 Å². The van der Waals surface area contributed by atoms with Gasteiger partial charge < -0.3 is 10.0 Å². The zero-order valence-electron chi connectivity index (χ0n) is 13.5. The van der Waals surface area contributed by atoms with E-state index >= 15 is 0 Å². The Morgan fingerprint density at radius 1 is 1.32 bits per heavy atom. The Hall–Kier alpha value is -2.73. The highest BCUT2D eigenvalue weighted by Gasteiger charge is 2.35. The number of hydrogen-bond acceptors (Lipinski definition) is 3. The third kappa shape index (κ3) is 3.13. The van der Waals surface area contributed by atoms with Crippen molar-refractivity contribution in [3.8, 4) is 0 Å². The molecule has 0 saturated carbocycles. The number of amides is 1. The molecule has 0 aliphatic carbocycles. The van der Waals surface area contributed by atoms with Crippen LogP contribution in [0.2, 0.25) is 0 Å². The molecule has 2 atom stereocenters.